The third-order valence-corrected chi connectivity index (χ3v) is 2.65. The SMILES string of the molecule is Cn1cc(C(=O)CCc2ccc(N)cc2)cn1. The van der Waals surface area contributed by atoms with Crippen molar-refractivity contribution in [2.45, 2.75) is 12.8 Å². The van der Waals surface area contributed by atoms with Gasteiger partial charge < -0.3 is 5.73 Å². The topological polar surface area (TPSA) is 60.9 Å². The molecule has 1 heterocycles. The van der Waals surface area contributed by atoms with Gasteiger partial charge in [-0.3, -0.25) is 9.48 Å². The molecule has 0 unspecified atom stereocenters. The first kappa shape index (κ1) is 11.4. The highest BCUT2D eigenvalue weighted by Gasteiger charge is 2.07. The standard InChI is InChI=1S/C13H15N3O/c1-16-9-11(8-15-16)13(17)7-4-10-2-5-12(14)6-3-10/h2-3,5-6,8-9H,4,7,14H2,1H3. The van der Waals surface area contributed by atoms with Crippen molar-refractivity contribution >= 4 is 11.5 Å². The van der Waals surface area contributed by atoms with Crippen LogP contribution >= 0.6 is 0 Å². The first-order valence-corrected chi connectivity index (χ1v) is 5.51. The lowest BCUT2D eigenvalue weighted by Crippen LogP contribution is -2.00. The Labute approximate surface area is 100 Å². The van der Waals surface area contributed by atoms with Gasteiger partial charge in [-0.25, -0.2) is 0 Å². The van der Waals surface area contributed by atoms with Crippen LogP contribution in [0.4, 0.5) is 5.69 Å². The number of rotatable bonds is 4. The number of carbonyl (C=O) groups is 1. The highest BCUT2D eigenvalue weighted by Crippen LogP contribution is 2.10. The summed E-state index contributed by atoms with van der Waals surface area (Å²) in [5.41, 5.74) is 8.13. The molecular weight excluding hydrogens is 214 g/mol. The highest BCUT2D eigenvalue weighted by molar-refractivity contribution is 5.95. The van der Waals surface area contributed by atoms with Gasteiger partial charge in [0, 0.05) is 25.4 Å². The summed E-state index contributed by atoms with van der Waals surface area (Å²) in [5, 5.41) is 3.98. The first-order valence-electron chi connectivity index (χ1n) is 5.51. The lowest BCUT2D eigenvalue weighted by molar-refractivity contribution is 0.0983. The maximum absolute atomic E-state index is 11.8. The molecule has 4 heteroatoms. The van der Waals surface area contributed by atoms with E-state index >= 15 is 0 Å². The predicted molar refractivity (Wildman–Crippen MR) is 66.7 cm³/mol. The van der Waals surface area contributed by atoms with E-state index in [1.807, 2.05) is 24.3 Å². The molecule has 0 saturated heterocycles. The molecule has 0 aliphatic carbocycles. The van der Waals surface area contributed by atoms with Crippen molar-refractivity contribution in [3.05, 3.63) is 47.8 Å². The molecular formula is C13H15N3O. The Bertz CT molecular complexity index is 514. The fourth-order valence-corrected chi connectivity index (χ4v) is 1.65. The second-order valence-corrected chi connectivity index (χ2v) is 4.07. The van der Waals surface area contributed by atoms with Gasteiger partial charge in [-0.2, -0.15) is 5.10 Å². The number of nitrogens with two attached hydrogens (primary N) is 1. The van der Waals surface area contributed by atoms with Gasteiger partial charge in [0.15, 0.2) is 5.78 Å². The molecule has 1 aromatic heterocycles. The molecule has 0 amide bonds. The Morgan fingerprint density at radius 3 is 2.65 bits per heavy atom. The van der Waals surface area contributed by atoms with Gasteiger partial charge in [0.1, 0.15) is 0 Å². The summed E-state index contributed by atoms with van der Waals surface area (Å²) in [6, 6.07) is 7.60. The highest BCUT2D eigenvalue weighted by atomic mass is 16.1. The second kappa shape index (κ2) is 4.82. The minimum Gasteiger partial charge on any atom is -0.399 e. The van der Waals surface area contributed by atoms with Crippen LogP contribution in [0.25, 0.3) is 0 Å². The van der Waals surface area contributed by atoms with Gasteiger partial charge in [-0.1, -0.05) is 12.1 Å². The molecule has 0 atom stereocenters. The Kier molecular flexibility index (Phi) is 3.23. The lowest BCUT2D eigenvalue weighted by atomic mass is 10.0. The average molecular weight is 229 g/mol. The van der Waals surface area contributed by atoms with Crippen LogP contribution in [0.15, 0.2) is 36.7 Å². The summed E-state index contributed by atoms with van der Waals surface area (Å²) >= 11 is 0. The van der Waals surface area contributed by atoms with Crippen LogP contribution in [-0.4, -0.2) is 15.6 Å². The number of anilines is 1. The van der Waals surface area contributed by atoms with Crippen LogP contribution in [0.5, 0.6) is 0 Å². The number of aryl methyl sites for hydroxylation is 2. The maximum Gasteiger partial charge on any atom is 0.166 e. The zero-order chi connectivity index (χ0) is 12.3. The molecule has 0 radical (unpaired) electrons. The van der Waals surface area contributed by atoms with Gasteiger partial charge in [0.05, 0.1) is 11.8 Å². The molecule has 0 spiro atoms. The van der Waals surface area contributed by atoms with E-state index in [2.05, 4.69) is 5.10 Å². The average Bonchev–Trinajstić information content (AvgIpc) is 2.75. The van der Waals surface area contributed by atoms with Crippen molar-refractivity contribution in [1.82, 2.24) is 9.78 Å². The summed E-state index contributed by atoms with van der Waals surface area (Å²) in [6.45, 7) is 0. The van der Waals surface area contributed by atoms with Crippen molar-refractivity contribution < 1.29 is 4.79 Å². The molecule has 2 rings (SSSR count). The van der Waals surface area contributed by atoms with E-state index in [-0.39, 0.29) is 5.78 Å². The number of benzene rings is 1. The Balaban J connectivity index is 1.94. The van der Waals surface area contributed by atoms with E-state index < -0.39 is 0 Å². The van der Waals surface area contributed by atoms with Crippen molar-refractivity contribution in [3.63, 3.8) is 0 Å². The van der Waals surface area contributed by atoms with E-state index in [9.17, 15) is 4.79 Å². The van der Waals surface area contributed by atoms with Crippen molar-refractivity contribution in [1.29, 1.82) is 0 Å². The number of hydrogen-bond donors (Lipinski definition) is 1. The number of nitrogen functional groups attached to an aromatic ring is 1. The number of hydrogen-bond acceptors (Lipinski definition) is 3. The monoisotopic (exact) mass is 229 g/mol. The molecule has 1 aromatic carbocycles. The summed E-state index contributed by atoms with van der Waals surface area (Å²) in [6.07, 6.45) is 4.57. The largest absolute Gasteiger partial charge is 0.399 e. The van der Waals surface area contributed by atoms with Crippen LogP contribution in [0.1, 0.15) is 22.3 Å². The molecule has 17 heavy (non-hydrogen) atoms. The second-order valence-electron chi connectivity index (χ2n) is 4.07. The van der Waals surface area contributed by atoms with Crippen LogP contribution in [0, 0.1) is 0 Å². The first-order chi connectivity index (χ1) is 8.15. The number of ketones is 1. The molecule has 4 nitrogen and oxygen atoms in total. The molecule has 0 aliphatic heterocycles. The van der Waals surface area contributed by atoms with Crippen LogP contribution in [-0.2, 0) is 13.5 Å². The number of nitrogens with zero attached hydrogens (tertiary/aromatic N) is 2. The summed E-state index contributed by atoms with van der Waals surface area (Å²) in [5.74, 6) is 0.120. The molecule has 2 N–H and O–H groups in total. The van der Waals surface area contributed by atoms with Crippen molar-refractivity contribution in [2.24, 2.45) is 7.05 Å². The normalized spacial score (nSPS) is 10.4. The van der Waals surface area contributed by atoms with Gasteiger partial charge in [-0.15, -0.1) is 0 Å². The fourth-order valence-electron chi connectivity index (χ4n) is 1.65. The van der Waals surface area contributed by atoms with E-state index in [1.165, 1.54) is 0 Å². The fraction of sp³-hybridized carbons (Fsp3) is 0.231. The number of carbonyl (C=O) groups excluding carboxylic acids is 1. The van der Waals surface area contributed by atoms with Crippen LogP contribution in [0.2, 0.25) is 0 Å². The number of aromatic nitrogens is 2. The Morgan fingerprint density at radius 2 is 2.06 bits per heavy atom. The third-order valence-electron chi connectivity index (χ3n) is 2.65. The zero-order valence-corrected chi connectivity index (χ0v) is 9.76. The van der Waals surface area contributed by atoms with E-state index in [1.54, 1.807) is 24.1 Å². The van der Waals surface area contributed by atoms with Gasteiger partial charge in [-0.05, 0) is 24.1 Å². The van der Waals surface area contributed by atoms with Crippen molar-refractivity contribution in [3.8, 4) is 0 Å². The molecule has 0 aliphatic rings. The molecule has 2 aromatic rings. The quantitative estimate of drug-likeness (QED) is 0.642. The summed E-state index contributed by atoms with van der Waals surface area (Å²) in [4.78, 5) is 11.8. The Morgan fingerprint density at radius 1 is 1.35 bits per heavy atom. The molecule has 0 bridgehead atoms. The third kappa shape index (κ3) is 2.93. The minimum absolute atomic E-state index is 0.120. The van der Waals surface area contributed by atoms with Gasteiger partial charge >= 0.3 is 0 Å². The minimum atomic E-state index is 0.120. The summed E-state index contributed by atoms with van der Waals surface area (Å²) in [7, 11) is 1.80. The van der Waals surface area contributed by atoms with Crippen molar-refractivity contribution in [2.75, 3.05) is 5.73 Å². The maximum atomic E-state index is 11.8. The van der Waals surface area contributed by atoms with Crippen LogP contribution < -0.4 is 5.73 Å². The summed E-state index contributed by atoms with van der Waals surface area (Å²) < 4.78 is 1.64. The van der Waals surface area contributed by atoms with E-state index in [4.69, 9.17) is 5.73 Å². The smallest absolute Gasteiger partial charge is 0.166 e. The van der Waals surface area contributed by atoms with E-state index in [0.29, 0.717) is 12.0 Å². The van der Waals surface area contributed by atoms with E-state index in [0.717, 1.165) is 17.7 Å². The molecule has 0 saturated carbocycles. The van der Waals surface area contributed by atoms with Crippen LogP contribution in [0.3, 0.4) is 0 Å². The molecule has 88 valence electrons. The predicted octanol–water partition coefficient (Wildman–Crippen LogP) is 1.82. The Hall–Kier alpha value is -2.10. The zero-order valence-electron chi connectivity index (χ0n) is 9.76. The lowest BCUT2D eigenvalue weighted by Gasteiger charge is -2.00. The van der Waals surface area contributed by atoms with Gasteiger partial charge in [0.25, 0.3) is 0 Å². The number of Topliss-reactive ketones (excluding diaryl/α,β-unsaturated/α-hetero) is 1. The van der Waals surface area contributed by atoms with Gasteiger partial charge in [0.2, 0.25) is 0 Å². The molecule has 0 fully saturated rings.